The molecule has 34 heavy (non-hydrogen) atoms. The van der Waals surface area contributed by atoms with Crippen LogP contribution in [0.25, 0.3) is 0 Å². The minimum Gasteiger partial charge on any atom is -0.410 e. The third kappa shape index (κ3) is 4.10. The molecule has 0 unspecified atom stereocenters. The minimum atomic E-state index is -1.02. The lowest BCUT2D eigenvalue weighted by Crippen LogP contribution is -2.46. The zero-order valence-electron chi connectivity index (χ0n) is 18.9. The van der Waals surface area contributed by atoms with Crippen molar-refractivity contribution in [2.75, 3.05) is 33.3 Å². The summed E-state index contributed by atoms with van der Waals surface area (Å²) in [6, 6.07) is 6.91. The first-order valence-electron chi connectivity index (χ1n) is 11.3. The van der Waals surface area contributed by atoms with Gasteiger partial charge in [0.2, 0.25) is 5.91 Å². The number of carbonyl (C=O) groups excluding carboxylic acids is 1. The summed E-state index contributed by atoms with van der Waals surface area (Å²) >= 11 is 0. The fourth-order valence-electron chi connectivity index (χ4n) is 5.14. The molecule has 1 aromatic heterocycles. The Labute approximate surface area is 196 Å². The predicted octanol–water partition coefficient (Wildman–Crippen LogP) is 3.11. The summed E-state index contributed by atoms with van der Waals surface area (Å²) in [6.07, 6.45) is 3.87. The summed E-state index contributed by atoms with van der Waals surface area (Å²) in [5, 5.41) is 12.7. The zero-order valence-corrected chi connectivity index (χ0v) is 18.9. The average molecular weight is 469 g/mol. The molecule has 5 rings (SSSR count). The number of ether oxygens (including phenoxy) is 1. The van der Waals surface area contributed by atoms with Gasteiger partial charge in [-0.2, -0.15) is 0 Å². The number of hydrogen-bond acceptors (Lipinski definition) is 6. The Morgan fingerprint density at radius 1 is 1.21 bits per heavy atom. The van der Waals surface area contributed by atoms with Crippen LogP contribution >= 0.6 is 0 Å². The summed E-state index contributed by atoms with van der Waals surface area (Å²) in [7, 11) is 1.84. The number of amides is 1. The Morgan fingerprint density at radius 3 is 2.68 bits per heavy atom. The molecule has 1 spiro atoms. The smallest absolute Gasteiger partial charge is 0.226 e. The van der Waals surface area contributed by atoms with Gasteiger partial charge >= 0.3 is 0 Å². The number of fused-ring (bicyclic) bond motifs is 1. The molecule has 0 bridgehead atoms. The van der Waals surface area contributed by atoms with Crippen molar-refractivity contribution < 1.29 is 23.5 Å². The molecule has 3 aliphatic rings. The van der Waals surface area contributed by atoms with Gasteiger partial charge < -0.3 is 14.8 Å². The van der Waals surface area contributed by atoms with E-state index >= 15 is 0 Å². The number of piperidine rings is 1. The van der Waals surface area contributed by atoms with Gasteiger partial charge in [-0.05, 0) is 53.8 Å². The van der Waals surface area contributed by atoms with Crippen LogP contribution in [0.15, 0.2) is 52.8 Å². The van der Waals surface area contributed by atoms with Gasteiger partial charge in [0, 0.05) is 45.0 Å². The van der Waals surface area contributed by atoms with Crippen LogP contribution in [-0.4, -0.2) is 70.5 Å². The van der Waals surface area contributed by atoms with Crippen LogP contribution in [0.5, 0.6) is 0 Å². The molecule has 1 N–H and O–H groups in total. The van der Waals surface area contributed by atoms with Crippen LogP contribution < -0.4 is 0 Å². The van der Waals surface area contributed by atoms with Crippen molar-refractivity contribution in [1.29, 1.82) is 0 Å². The number of likely N-dealkylation sites (tertiary alicyclic amines) is 1. The van der Waals surface area contributed by atoms with Gasteiger partial charge in [-0.25, -0.2) is 8.78 Å². The number of rotatable bonds is 4. The molecule has 7 nitrogen and oxygen atoms in total. The molecule has 178 valence electrons. The fraction of sp³-hybridized carbons (Fsp3) is 0.400. The first-order chi connectivity index (χ1) is 16.4. The Hall–Kier alpha value is -3.17. The number of benzene rings is 1. The second-order valence-electron chi connectivity index (χ2n) is 9.20. The molecule has 2 aromatic rings. The van der Waals surface area contributed by atoms with Gasteiger partial charge in [-0.15, -0.1) is 0 Å². The van der Waals surface area contributed by atoms with Crippen LogP contribution in [0.1, 0.15) is 36.1 Å². The molecule has 0 saturated carbocycles. The standard InChI is InChI=1S/C25H26F2N4O3/c1-30-14-18-15-34-25(19(18)11-23(30)32)6-8-31(9-7-25)13-16-2-5-22(28-12-16)24(29-33)17-3-4-20(26)21(27)10-17/h2-5,10,12,33H,6-9,11,13-15H2,1H3. The van der Waals surface area contributed by atoms with Crippen molar-refractivity contribution in [3.05, 3.63) is 76.1 Å². The van der Waals surface area contributed by atoms with E-state index in [9.17, 15) is 18.8 Å². The largest absolute Gasteiger partial charge is 0.410 e. The van der Waals surface area contributed by atoms with Gasteiger partial charge in [0.25, 0.3) is 0 Å². The van der Waals surface area contributed by atoms with Crippen molar-refractivity contribution in [1.82, 2.24) is 14.8 Å². The van der Waals surface area contributed by atoms with Gasteiger partial charge in [0.05, 0.1) is 24.3 Å². The maximum absolute atomic E-state index is 13.6. The lowest BCUT2D eigenvalue weighted by molar-refractivity contribution is -0.129. The van der Waals surface area contributed by atoms with Gasteiger partial charge in [-0.3, -0.25) is 14.7 Å². The Kier molecular flexibility index (Phi) is 5.91. The van der Waals surface area contributed by atoms with E-state index in [0.29, 0.717) is 31.8 Å². The van der Waals surface area contributed by atoms with Crippen molar-refractivity contribution in [3.63, 3.8) is 0 Å². The molecule has 3 aliphatic heterocycles. The highest BCUT2D eigenvalue weighted by Gasteiger charge is 2.46. The van der Waals surface area contributed by atoms with Gasteiger partial charge in [-0.1, -0.05) is 11.2 Å². The molecule has 9 heteroatoms. The van der Waals surface area contributed by atoms with E-state index in [1.165, 1.54) is 17.2 Å². The molecular formula is C25H26F2N4O3. The summed E-state index contributed by atoms with van der Waals surface area (Å²) in [5.41, 5.74) is 3.82. The molecular weight excluding hydrogens is 442 g/mol. The Balaban J connectivity index is 1.23. The Bertz CT molecular complexity index is 1170. The van der Waals surface area contributed by atoms with Crippen molar-refractivity contribution >= 4 is 11.6 Å². The van der Waals surface area contributed by atoms with Crippen LogP contribution in [0.2, 0.25) is 0 Å². The number of likely N-dealkylation sites (N-methyl/N-ethyl adjacent to an activating group) is 1. The third-order valence-electron chi connectivity index (χ3n) is 7.11. The number of halogens is 2. The van der Waals surface area contributed by atoms with Crippen molar-refractivity contribution in [2.24, 2.45) is 5.16 Å². The number of nitrogens with zero attached hydrogens (tertiary/aromatic N) is 4. The maximum Gasteiger partial charge on any atom is 0.226 e. The minimum absolute atomic E-state index is 0.0699. The fourth-order valence-corrected chi connectivity index (χ4v) is 5.14. The first-order valence-corrected chi connectivity index (χ1v) is 11.3. The van der Waals surface area contributed by atoms with E-state index in [0.717, 1.165) is 43.6 Å². The first kappa shape index (κ1) is 22.6. The molecule has 1 amide bonds. The predicted molar refractivity (Wildman–Crippen MR) is 120 cm³/mol. The second-order valence-corrected chi connectivity index (χ2v) is 9.20. The average Bonchev–Trinajstić information content (AvgIpc) is 3.16. The van der Waals surface area contributed by atoms with E-state index in [-0.39, 0.29) is 22.8 Å². The second kappa shape index (κ2) is 8.88. The normalized spacial score (nSPS) is 20.9. The van der Waals surface area contributed by atoms with Crippen LogP contribution in [0.3, 0.4) is 0 Å². The quantitative estimate of drug-likeness (QED) is 0.323. The SMILES string of the molecule is CN1CC2=C(CC1=O)C1(CCN(Cc3ccc(C(=NO)c4ccc(F)c(F)c4)nc3)CC1)OC2. The highest BCUT2D eigenvalue weighted by atomic mass is 19.2. The lowest BCUT2D eigenvalue weighted by atomic mass is 9.80. The summed E-state index contributed by atoms with van der Waals surface area (Å²) in [6.45, 7) is 3.68. The zero-order chi connectivity index (χ0) is 23.9. The van der Waals surface area contributed by atoms with Crippen LogP contribution in [0, 0.1) is 11.6 Å². The molecule has 4 heterocycles. The van der Waals surface area contributed by atoms with Crippen LogP contribution in [-0.2, 0) is 16.1 Å². The van der Waals surface area contributed by atoms with E-state index < -0.39 is 11.6 Å². The van der Waals surface area contributed by atoms with E-state index in [4.69, 9.17) is 4.74 Å². The Morgan fingerprint density at radius 2 is 2.00 bits per heavy atom. The number of oxime groups is 1. The highest BCUT2D eigenvalue weighted by molar-refractivity contribution is 6.11. The lowest BCUT2D eigenvalue weighted by Gasteiger charge is -2.41. The number of pyridine rings is 1. The van der Waals surface area contributed by atoms with E-state index in [2.05, 4.69) is 15.0 Å². The topological polar surface area (TPSA) is 78.3 Å². The molecule has 1 fully saturated rings. The summed E-state index contributed by atoms with van der Waals surface area (Å²) < 4.78 is 33.1. The number of carbonyl (C=O) groups is 1. The third-order valence-corrected chi connectivity index (χ3v) is 7.11. The monoisotopic (exact) mass is 468 g/mol. The van der Waals surface area contributed by atoms with Crippen molar-refractivity contribution in [3.8, 4) is 0 Å². The van der Waals surface area contributed by atoms with E-state index in [1.54, 1.807) is 17.2 Å². The molecule has 0 aliphatic carbocycles. The van der Waals surface area contributed by atoms with Crippen LogP contribution in [0.4, 0.5) is 8.78 Å². The van der Waals surface area contributed by atoms with Gasteiger partial charge in [0.15, 0.2) is 11.6 Å². The summed E-state index contributed by atoms with van der Waals surface area (Å²) in [5.74, 6) is -1.83. The highest BCUT2D eigenvalue weighted by Crippen LogP contribution is 2.44. The number of aromatic nitrogens is 1. The molecule has 1 aromatic carbocycles. The molecule has 0 atom stereocenters. The number of hydrogen-bond donors (Lipinski definition) is 1. The molecule has 0 radical (unpaired) electrons. The summed E-state index contributed by atoms with van der Waals surface area (Å²) in [4.78, 5) is 20.7. The van der Waals surface area contributed by atoms with Gasteiger partial charge in [0.1, 0.15) is 5.71 Å². The van der Waals surface area contributed by atoms with Crippen molar-refractivity contribution in [2.45, 2.75) is 31.4 Å². The van der Waals surface area contributed by atoms with E-state index in [1.807, 2.05) is 13.1 Å². The maximum atomic E-state index is 13.6. The molecule has 1 saturated heterocycles.